The molecule has 0 saturated carbocycles. The Labute approximate surface area is 249 Å². The second-order valence-corrected chi connectivity index (χ2v) is 13.3. The lowest BCUT2D eigenvalue weighted by atomic mass is 9.80. The summed E-state index contributed by atoms with van der Waals surface area (Å²) >= 11 is 0. The zero-order chi connectivity index (χ0) is 29.3. The van der Waals surface area contributed by atoms with E-state index >= 15 is 4.57 Å². The Morgan fingerprint density at radius 2 is 1.00 bits per heavy atom. The van der Waals surface area contributed by atoms with Crippen molar-refractivity contribution in [2.24, 2.45) is 0 Å². The van der Waals surface area contributed by atoms with Crippen molar-refractivity contribution >= 4 is 17.8 Å². The maximum Gasteiger partial charge on any atom is 0.152 e. The van der Waals surface area contributed by atoms with Crippen LogP contribution in [0.15, 0.2) is 164 Å². The van der Waals surface area contributed by atoms with Crippen molar-refractivity contribution in [1.29, 1.82) is 0 Å². The molecule has 3 nitrogen and oxygen atoms in total. The van der Waals surface area contributed by atoms with Gasteiger partial charge in [0.1, 0.15) is 5.60 Å². The van der Waals surface area contributed by atoms with Gasteiger partial charge in [-0.3, -0.25) is 0 Å². The first-order valence-electron chi connectivity index (χ1n) is 14.5. The van der Waals surface area contributed by atoms with Crippen LogP contribution >= 0.6 is 7.14 Å². The molecule has 5 aromatic rings. The number of hydrogen-bond acceptors (Lipinski definition) is 3. The predicted octanol–water partition coefficient (Wildman–Crippen LogP) is 7.70. The molecule has 0 unspecified atom stereocenters. The molecule has 0 aliphatic carbocycles. The average molecular weight is 573 g/mol. The molecule has 5 rings (SSSR count). The van der Waals surface area contributed by atoms with Gasteiger partial charge >= 0.3 is 0 Å². The predicted molar refractivity (Wildman–Crippen MR) is 174 cm³/mol. The minimum Gasteiger partial charge on any atom is -0.392 e. The fourth-order valence-corrected chi connectivity index (χ4v) is 8.94. The molecule has 0 saturated heterocycles. The van der Waals surface area contributed by atoms with E-state index in [4.69, 9.17) is 4.74 Å². The number of aliphatic hydroxyl groups is 1. The van der Waals surface area contributed by atoms with Gasteiger partial charge in [-0.25, -0.2) is 0 Å². The molecule has 5 aromatic carbocycles. The molecule has 2 atom stereocenters. The summed E-state index contributed by atoms with van der Waals surface area (Å²) in [6.45, 7) is 2.17. The average Bonchev–Trinajstić information content (AvgIpc) is 3.08. The van der Waals surface area contributed by atoms with E-state index < -0.39 is 24.5 Å². The van der Waals surface area contributed by atoms with Crippen LogP contribution in [-0.4, -0.2) is 23.5 Å². The summed E-state index contributed by atoms with van der Waals surface area (Å²) in [5, 5.41) is 12.8. The molecule has 42 heavy (non-hydrogen) atoms. The second kappa shape index (κ2) is 13.8. The first-order chi connectivity index (χ1) is 20.6. The van der Waals surface area contributed by atoms with Crippen molar-refractivity contribution in [3.05, 3.63) is 181 Å². The number of aliphatic hydroxyl groups excluding tert-OH is 1. The summed E-state index contributed by atoms with van der Waals surface area (Å²) in [5.74, 6) is 0. The molecular formula is C38H37O3P. The van der Waals surface area contributed by atoms with Gasteiger partial charge in [0.15, 0.2) is 7.14 Å². The summed E-state index contributed by atoms with van der Waals surface area (Å²) in [5.41, 5.74) is 1.56. The zero-order valence-electron chi connectivity index (χ0n) is 23.9. The molecule has 1 N–H and O–H groups in total. The van der Waals surface area contributed by atoms with Crippen molar-refractivity contribution in [3.63, 3.8) is 0 Å². The molecule has 0 bridgehead atoms. The van der Waals surface area contributed by atoms with Crippen molar-refractivity contribution in [2.75, 3.05) is 6.61 Å². The van der Waals surface area contributed by atoms with Crippen LogP contribution < -0.4 is 10.6 Å². The van der Waals surface area contributed by atoms with E-state index in [1.165, 1.54) is 0 Å². The van der Waals surface area contributed by atoms with Crippen LogP contribution in [0.5, 0.6) is 0 Å². The summed E-state index contributed by atoms with van der Waals surface area (Å²) < 4.78 is 22.0. The van der Waals surface area contributed by atoms with Gasteiger partial charge in [-0.15, -0.1) is 0 Å². The summed E-state index contributed by atoms with van der Waals surface area (Å²) in [7, 11) is -3.25. The Balaban J connectivity index is 1.56. The minimum atomic E-state index is -3.25. The number of ether oxygens (including phenoxy) is 1. The number of benzene rings is 5. The van der Waals surface area contributed by atoms with E-state index in [2.05, 4.69) is 36.4 Å². The Morgan fingerprint density at radius 3 is 1.36 bits per heavy atom. The molecule has 0 fully saturated rings. The van der Waals surface area contributed by atoms with Crippen LogP contribution in [0.25, 0.3) is 0 Å². The first-order valence-corrected chi connectivity index (χ1v) is 16.2. The van der Waals surface area contributed by atoms with E-state index in [1.807, 2.05) is 134 Å². The molecule has 0 spiro atoms. The van der Waals surface area contributed by atoms with Crippen LogP contribution in [0.4, 0.5) is 0 Å². The van der Waals surface area contributed by atoms with Gasteiger partial charge in [0.25, 0.3) is 0 Å². The van der Waals surface area contributed by atoms with Gasteiger partial charge in [-0.1, -0.05) is 171 Å². The second-order valence-electron chi connectivity index (χ2n) is 10.3. The Bertz CT molecular complexity index is 1450. The highest BCUT2D eigenvalue weighted by molar-refractivity contribution is 7.79. The SMILES string of the molecule is CC[C@@H](O)[C@@H](/C=C/COC(c1ccccc1)(c1ccccc1)c1ccccc1)P(=O)(c1ccccc1)c1ccccc1. The Morgan fingerprint density at radius 1 is 0.643 bits per heavy atom. The maximum absolute atomic E-state index is 15.1. The largest absolute Gasteiger partial charge is 0.392 e. The molecule has 0 radical (unpaired) electrons. The van der Waals surface area contributed by atoms with Crippen molar-refractivity contribution in [2.45, 2.75) is 30.7 Å². The van der Waals surface area contributed by atoms with E-state index in [-0.39, 0.29) is 6.61 Å². The maximum atomic E-state index is 15.1. The molecule has 0 aliphatic rings. The number of rotatable bonds is 12. The fraction of sp³-hybridized carbons (Fsp3) is 0.158. The van der Waals surface area contributed by atoms with Crippen LogP contribution in [0.1, 0.15) is 30.0 Å². The molecule has 212 valence electrons. The van der Waals surface area contributed by atoms with Crippen LogP contribution in [0, 0.1) is 0 Å². The lowest BCUT2D eigenvalue weighted by Crippen LogP contribution is -2.34. The quantitative estimate of drug-likeness (QED) is 0.0947. The third kappa shape index (κ3) is 5.96. The molecule has 4 heteroatoms. The molecule has 0 heterocycles. The summed E-state index contributed by atoms with van der Waals surface area (Å²) in [6, 6.07) is 49.8. The van der Waals surface area contributed by atoms with E-state index in [1.54, 1.807) is 0 Å². The van der Waals surface area contributed by atoms with Gasteiger partial charge in [0.05, 0.1) is 18.4 Å². The highest BCUT2D eigenvalue weighted by atomic mass is 31.2. The van der Waals surface area contributed by atoms with Gasteiger partial charge < -0.3 is 14.4 Å². The van der Waals surface area contributed by atoms with Crippen LogP contribution in [-0.2, 0) is 14.9 Å². The standard InChI is InChI=1S/C38H37O3P/c1-2-36(39)37(42(40,34-25-14-6-15-26-34)35-27-16-7-17-28-35)29-18-30-41-38(31-19-8-3-9-20-31,32-21-10-4-11-22-32)33-23-12-5-13-24-33/h3-29,36-37,39H,2,30H2,1H3/b29-18+/t36-,37-/m1/s1. The Kier molecular flexibility index (Phi) is 9.66. The Hall–Kier alpha value is -4.01. The van der Waals surface area contributed by atoms with Crippen molar-refractivity contribution in [1.82, 2.24) is 0 Å². The van der Waals surface area contributed by atoms with Gasteiger partial charge in [0.2, 0.25) is 0 Å². The lowest BCUT2D eigenvalue weighted by molar-refractivity contribution is 0.0318. The topological polar surface area (TPSA) is 46.5 Å². The van der Waals surface area contributed by atoms with Crippen LogP contribution in [0.3, 0.4) is 0 Å². The molecular weight excluding hydrogens is 535 g/mol. The van der Waals surface area contributed by atoms with Gasteiger partial charge in [-0.2, -0.15) is 0 Å². The summed E-state index contributed by atoms with van der Waals surface area (Å²) in [6.07, 6.45) is 3.50. The fourth-order valence-electron chi connectivity index (χ4n) is 5.66. The first kappa shape index (κ1) is 29.5. The number of hydrogen-bond donors (Lipinski definition) is 1. The smallest absolute Gasteiger partial charge is 0.152 e. The van der Waals surface area contributed by atoms with Crippen molar-refractivity contribution < 1.29 is 14.4 Å². The molecule has 0 aromatic heterocycles. The van der Waals surface area contributed by atoms with Gasteiger partial charge in [0, 0.05) is 10.6 Å². The zero-order valence-corrected chi connectivity index (χ0v) is 24.8. The highest BCUT2D eigenvalue weighted by Gasteiger charge is 2.40. The third-order valence-corrected chi connectivity index (χ3v) is 11.3. The van der Waals surface area contributed by atoms with Crippen molar-refractivity contribution in [3.8, 4) is 0 Å². The van der Waals surface area contributed by atoms with E-state index in [0.29, 0.717) is 6.42 Å². The molecule has 0 aliphatic heterocycles. The normalized spacial score (nSPS) is 13.6. The van der Waals surface area contributed by atoms with Gasteiger partial charge in [-0.05, 0) is 23.1 Å². The highest BCUT2D eigenvalue weighted by Crippen LogP contribution is 2.51. The monoisotopic (exact) mass is 572 g/mol. The minimum absolute atomic E-state index is 0.245. The molecule has 0 amide bonds. The third-order valence-electron chi connectivity index (χ3n) is 7.78. The lowest BCUT2D eigenvalue weighted by Gasteiger charge is -2.35. The van der Waals surface area contributed by atoms with E-state index in [0.717, 1.165) is 27.3 Å². The van der Waals surface area contributed by atoms with Crippen LogP contribution in [0.2, 0.25) is 0 Å². The van der Waals surface area contributed by atoms with E-state index in [9.17, 15) is 5.11 Å². The summed E-state index contributed by atoms with van der Waals surface area (Å²) in [4.78, 5) is 0.